The average Bonchev–Trinajstić information content (AvgIpc) is 3.31. The summed E-state index contributed by atoms with van der Waals surface area (Å²) >= 11 is 0. The zero-order valence-corrected chi connectivity index (χ0v) is 33.2. The number of ketones is 1. The van der Waals surface area contributed by atoms with Gasteiger partial charge in [0.1, 0.15) is 48.4 Å². The van der Waals surface area contributed by atoms with Crippen molar-refractivity contribution in [1.82, 2.24) is 29.9 Å². The molecule has 8 rings (SSSR count). The van der Waals surface area contributed by atoms with Crippen molar-refractivity contribution in [2.75, 3.05) is 19.8 Å². The molecule has 0 saturated heterocycles. The smallest absolute Gasteiger partial charge is 0.313 e. The van der Waals surface area contributed by atoms with Crippen molar-refractivity contribution in [1.29, 1.82) is 0 Å². The van der Waals surface area contributed by atoms with Gasteiger partial charge in [-0.25, -0.2) is 29.9 Å². The number of carbonyl (C=O) groups excluding carboxylic acids is 2. The van der Waals surface area contributed by atoms with Crippen LogP contribution >= 0.6 is 0 Å². The van der Waals surface area contributed by atoms with Crippen molar-refractivity contribution in [2.45, 2.75) is 12.8 Å². The first kappa shape index (κ1) is 40.5. The van der Waals surface area contributed by atoms with E-state index in [1.165, 1.54) is 12.1 Å². The summed E-state index contributed by atoms with van der Waals surface area (Å²) in [5.41, 5.74) is 3.95. The molecule has 0 spiro atoms. The summed E-state index contributed by atoms with van der Waals surface area (Å²) in [5, 5.41) is 22.0. The van der Waals surface area contributed by atoms with Gasteiger partial charge in [-0.15, -0.1) is 0 Å². The summed E-state index contributed by atoms with van der Waals surface area (Å²) in [6.45, 7) is -0.164. The quantitative estimate of drug-likeness (QED) is 0.0537. The van der Waals surface area contributed by atoms with Gasteiger partial charge in [-0.1, -0.05) is 121 Å². The summed E-state index contributed by atoms with van der Waals surface area (Å²) in [6, 6.07) is 47.4. The van der Waals surface area contributed by atoms with E-state index in [-0.39, 0.29) is 55.2 Å². The van der Waals surface area contributed by atoms with Crippen molar-refractivity contribution >= 4 is 11.8 Å². The van der Waals surface area contributed by atoms with Crippen LogP contribution in [-0.2, 0) is 14.3 Å². The molecule has 0 atom stereocenters. The molecule has 0 radical (unpaired) electrons. The Labute approximate surface area is 356 Å². The number of Topliss-reactive ketones (excluding diaryl/α,β-unsaturated/α-hetero) is 1. The Balaban J connectivity index is 0.816. The molecule has 0 saturated carbocycles. The van der Waals surface area contributed by atoms with E-state index < -0.39 is 12.4 Å². The average molecular weight is 823 g/mol. The van der Waals surface area contributed by atoms with Crippen LogP contribution < -0.4 is 9.47 Å². The maximum atomic E-state index is 12.6. The summed E-state index contributed by atoms with van der Waals surface area (Å²) < 4.78 is 16.6. The summed E-state index contributed by atoms with van der Waals surface area (Å²) in [4.78, 5) is 52.9. The largest absolute Gasteiger partial charge is 0.507 e. The molecule has 8 aromatic rings. The third-order valence-corrected chi connectivity index (χ3v) is 9.43. The molecular weight excluding hydrogens is 785 g/mol. The Morgan fingerprint density at radius 2 is 0.774 bits per heavy atom. The molecule has 306 valence electrons. The second-order valence-electron chi connectivity index (χ2n) is 13.8. The Hall–Kier alpha value is -8.32. The van der Waals surface area contributed by atoms with Gasteiger partial charge in [0.05, 0.1) is 17.7 Å². The number of phenols is 2. The fourth-order valence-electron chi connectivity index (χ4n) is 6.34. The van der Waals surface area contributed by atoms with Crippen molar-refractivity contribution in [3.05, 3.63) is 158 Å². The Bertz CT molecular complexity index is 2700. The van der Waals surface area contributed by atoms with E-state index in [0.29, 0.717) is 45.9 Å². The van der Waals surface area contributed by atoms with Crippen molar-refractivity contribution in [3.8, 4) is 91.3 Å². The number of carbonyl (C=O) groups is 2. The second kappa shape index (κ2) is 19.2. The lowest BCUT2D eigenvalue weighted by Crippen LogP contribution is -2.16. The van der Waals surface area contributed by atoms with Crippen LogP contribution in [0.4, 0.5) is 0 Å². The number of ether oxygens (including phenoxy) is 3. The molecule has 0 bridgehead atoms. The van der Waals surface area contributed by atoms with Crippen molar-refractivity contribution in [2.24, 2.45) is 0 Å². The number of hydrogen-bond acceptors (Lipinski definition) is 13. The van der Waals surface area contributed by atoms with E-state index in [2.05, 4.69) is 29.9 Å². The van der Waals surface area contributed by atoms with Crippen LogP contribution in [0, 0.1) is 0 Å². The van der Waals surface area contributed by atoms with Crippen LogP contribution in [0.15, 0.2) is 158 Å². The second-order valence-corrected chi connectivity index (χ2v) is 13.8. The molecule has 0 fully saturated rings. The monoisotopic (exact) mass is 822 g/mol. The van der Waals surface area contributed by atoms with Gasteiger partial charge in [0.25, 0.3) is 0 Å². The van der Waals surface area contributed by atoms with Crippen LogP contribution in [0.5, 0.6) is 23.0 Å². The fraction of sp³-hybridized carbons (Fsp3) is 0.102. The predicted molar refractivity (Wildman–Crippen MR) is 232 cm³/mol. The van der Waals surface area contributed by atoms with Crippen molar-refractivity contribution < 1.29 is 34.0 Å². The first-order chi connectivity index (χ1) is 30.4. The molecule has 0 amide bonds. The Morgan fingerprint density at radius 1 is 0.419 bits per heavy atom. The molecule has 0 aliphatic heterocycles. The molecule has 2 heterocycles. The number of phenolic OH excluding ortho intramolecular Hbond substituents is 2. The van der Waals surface area contributed by atoms with E-state index in [1.807, 2.05) is 121 Å². The number of esters is 1. The van der Waals surface area contributed by atoms with Gasteiger partial charge in [-0.2, -0.15) is 0 Å². The molecule has 2 N–H and O–H groups in total. The van der Waals surface area contributed by atoms with Gasteiger partial charge >= 0.3 is 5.97 Å². The minimum Gasteiger partial charge on any atom is -0.507 e. The molecule has 0 aliphatic rings. The zero-order chi connectivity index (χ0) is 42.7. The lowest BCUT2D eigenvalue weighted by atomic mass is 10.1. The van der Waals surface area contributed by atoms with Crippen LogP contribution in [0.3, 0.4) is 0 Å². The maximum absolute atomic E-state index is 12.6. The highest BCUT2D eigenvalue weighted by atomic mass is 16.6. The maximum Gasteiger partial charge on any atom is 0.313 e. The summed E-state index contributed by atoms with van der Waals surface area (Å²) in [5.74, 6) is 1.73. The number of rotatable bonds is 16. The molecule has 0 unspecified atom stereocenters. The van der Waals surface area contributed by atoms with E-state index in [0.717, 1.165) is 22.3 Å². The molecule has 13 nitrogen and oxygen atoms in total. The van der Waals surface area contributed by atoms with E-state index in [1.54, 1.807) is 24.3 Å². The van der Waals surface area contributed by atoms with Gasteiger partial charge in [0.2, 0.25) is 0 Å². The van der Waals surface area contributed by atoms with Gasteiger partial charge in [-0.05, 0) is 24.3 Å². The Morgan fingerprint density at radius 3 is 1.15 bits per heavy atom. The third-order valence-electron chi connectivity index (χ3n) is 9.43. The molecular formula is C49H38N6O7. The van der Waals surface area contributed by atoms with Gasteiger partial charge in [-0.3, -0.25) is 9.59 Å². The van der Waals surface area contributed by atoms with E-state index in [4.69, 9.17) is 14.2 Å². The molecule has 2 aromatic heterocycles. The van der Waals surface area contributed by atoms with Crippen LogP contribution in [0.1, 0.15) is 12.8 Å². The Kier molecular flexibility index (Phi) is 12.5. The highest BCUT2D eigenvalue weighted by Crippen LogP contribution is 2.34. The minimum atomic E-state index is -0.709. The summed E-state index contributed by atoms with van der Waals surface area (Å²) in [6.07, 6.45) is -0.507. The standard InChI is InChI=1S/C49H38N6O7/c56-36(25-26-60-37-21-23-39(41(57)30-37)48-52-44(32-13-5-1-6-14-32)50-45(53-48)33-15-7-2-8-16-33)29-43(59)62-28-27-61-38-22-24-40(42(58)31-38)49-54-46(34-17-9-3-10-18-34)51-47(55-49)35-19-11-4-12-20-35/h1-24,30-31,57-58H,25-29H2. The highest BCUT2D eigenvalue weighted by Gasteiger charge is 2.18. The van der Waals surface area contributed by atoms with Gasteiger partial charge in [0.15, 0.2) is 34.9 Å². The SMILES string of the molecule is O=C(CCOc1ccc(-c2nc(-c3ccccc3)nc(-c3ccccc3)n2)c(O)c1)CC(=O)OCCOc1ccc(-c2nc(-c3ccccc3)nc(-c3ccccc3)n2)c(O)c1. The van der Waals surface area contributed by atoms with Crippen LogP contribution in [-0.4, -0.2) is 71.7 Å². The third kappa shape index (κ3) is 10.1. The molecule has 62 heavy (non-hydrogen) atoms. The normalized spacial score (nSPS) is 10.8. The first-order valence-electron chi connectivity index (χ1n) is 19.7. The highest BCUT2D eigenvalue weighted by molar-refractivity contribution is 5.95. The molecule has 6 aromatic carbocycles. The van der Waals surface area contributed by atoms with E-state index >= 15 is 0 Å². The number of hydrogen-bond donors (Lipinski definition) is 2. The fourth-order valence-corrected chi connectivity index (χ4v) is 6.34. The molecule has 13 heteroatoms. The van der Waals surface area contributed by atoms with E-state index in [9.17, 15) is 19.8 Å². The predicted octanol–water partition coefficient (Wildman–Crippen LogP) is 8.82. The van der Waals surface area contributed by atoms with Gasteiger partial charge < -0.3 is 24.4 Å². The van der Waals surface area contributed by atoms with Crippen LogP contribution in [0.25, 0.3) is 68.3 Å². The number of benzene rings is 6. The number of nitrogens with zero attached hydrogens (tertiary/aromatic N) is 6. The van der Waals surface area contributed by atoms with Gasteiger partial charge in [0, 0.05) is 40.8 Å². The number of aromatic nitrogens is 6. The zero-order valence-electron chi connectivity index (χ0n) is 33.2. The number of aromatic hydroxyl groups is 2. The lowest BCUT2D eigenvalue weighted by Gasteiger charge is -2.11. The summed E-state index contributed by atoms with van der Waals surface area (Å²) in [7, 11) is 0. The first-order valence-corrected chi connectivity index (χ1v) is 19.7. The molecule has 0 aliphatic carbocycles. The topological polar surface area (TPSA) is 180 Å². The van der Waals surface area contributed by atoms with Crippen molar-refractivity contribution in [3.63, 3.8) is 0 Å². The lowest BCUT2D eigenvalue weighted by molar-refractivity contribution is -0.146. The van der Waals surface area contributed by atoms with Crippen LogP contribution in [0.2, 0.25) is 0 Å². The minimum absolute atomic E-state index is 0.0188.